The molecule has 1 heterocycles. The summed E-state index contributed by atoms with van der Waals surface area (Å²) >= 11 is 2.14. The molecule has 4 aliphatic carbocycles. The standard InChI is InChI=1S/C31H47IO10/c1-15(2)10-24(33)40-26-17(4)25(41-42-37)22(14-32)39-29(26)38-19-11-20(28(35)36)21-8-9-31-12-18(16(3)27(31)34)6-7-23(31)30(21,5)13-19/h15,17-23,25-27,29,34,37H,3,6-14H2,1-2,4-5H3,(H,35,36)/p-1/t17-,18?,19?,20?,21?,22?,23?,25?,26?,27?,29?,30?,31?/m1/s1/i32-2. The second kappa shape index (κ2) is 12.5. The summed E-state index contributed by atoms with van der Waals surface area (Å²) in [5.41, 5.74) is 0.309. The highest BCUT2D eigenvalue weighted by Crippen LogP contribution is 2.70. The lowest BCUT2D eigenvalue weighted by molar-refractivity contribution is -0.807. The number of carboxylic acids is 1. The first-order valence-corrected chi connectivity index (χ1v) is 17.0. The van der Waals surface area contributed by atoms with E-state index in [4.69, 9.17) is 19.1 Å². The summed E-state index contributed by atoms with van der Waals surface area (Å²) in [7, 11) is 0. The number of rotatable bonds is 9. The van der Waals surface area contributed by atoms with E-state index in [1.165, 1.54) is 0 Å². The highest BCUT2D eigenvalue weighted by atomic mass is 125. The van der Waals surface area contributed by atoms with Crippen LogP contribution in [0.1, 0.15) is 79.1 Å². The van der Waals surface area contributed by atoms with Crippen LogP contribution in [0.5, 0.6) is 0 Å². The van der Waals surface area contributed by atoms with Crippen LogP contribution >= 0.6 is 22.6 Å². The lowest BCUT2D eigenvalue weighted by atomic mass is 9.43. The zero-order valence-corrected chi connectivity index (χ0v) is 27.2. The first-order valence-electron chi connectivity index (χ1n) is 15.5. The van der Waals surface area contributed by atoms with E-state index in [0.29, 0.717) is 23.2 Å². The Balaban J connectivity index is 1.43. The molecule has 1 aliphatic heterocycles. The molecule has 238 valence electrons. The van der Waals surface area contributed by atoms with Crippen molar-refractivity contribution in [3.8, 4) is 0 Å². The number of aliphatic carboxylic acids is 1. The summed E-state index contributed by atoms with van der Waals surface area (Å²) in [5, 5.41) is 36.6. The number of ether oxygens (including phenoxy) is 3. The van der Waals surface area contributed by atoms with Gasteiger partial charge in [-0.2, -0.15) is 0 Å². The minimum absolute atomic E-state index is 0.0250. The van der Waals surface area contributed by atoms with E-state index in [1.807, 2.05) is 20.8 Å². The van der Waals surface area contributed by atoms with Gasteiger partial charge in [0, 0.05) is 22.2 Å². The van der Waals surface area contributed by atoms with Crippen molar-refractivity contribution in [3.63, 3.8) is 0 Å². The smallest absolute Gasteiger partial charge is 0.306 e. The van der Waals surface area contributed by atoms with Gasteiger partial charge in [0.2, 0.25) is 0 Å². The molecule has 11 heteroatoms. The summed E-state index contributed by atoms with van der Waals surface area (Å²) in [6, 6.07) is 0. The topological polar surface area (TPSA) is 144 Å². The molecule has 5 aliphatic rings. The van der Waals surface area contributed by atoms with Crippen LogP contribution in [0.3, 0.4) is 0 Å². The Hall–Kier alpha value is -0.830. The van der Waals surface area contributed by atoms with Crippen LogP contribution < -0.4 is 5.26 Å². The van der Waals surface area contributed by atoms with Crippen molar-refractivity contribution in [2.24, 2.45) is 46.3 Å². The second-order valence-electron chi connectivity index (χ2n) is 14.3. The largest absolute Gasteiger partial charge is 0.692 e. The lowest BCUT2D eigenvalue weighted by Crippen LogP contribution is -2.61. The van der Waals surface area contributed by atoms with Gasteiger partial charge in [-0.1, -0.05) is 56.9 Å². The van der Waals surface area contributed by atoms with E-state index in [-0.39, 0.29) is 35.0 Å². The molecule has 10 nitrogen and oxygen atoms in total. The number of aliphatic hydroxyl groups is 1. The van der Waals surface area contributed by atoms with Crippen LogP contribution in [0.2, 0.25) is 0 Å². The second-order valence-corrected chi connectivity index (χ2v) is 15.2. The third-order valence-electron chi connectivity index (χ3n) is 11.5. The molecule has 0 aromatic rings. The molecule has 0 radical (unpaired) electrons. The Morgan fingerprint density at radius 2 is 1.95 bits per heavy atom. The number of hydrogen-bond acceptors (Lipinski definition) is 9. The molecular formula is C31H46IO10-. The minimum atomic E-state index is -0.966. The minimum Gasteiger partial charge on any atom is -0.692 e. The third-order valence-corrected chi connectivity index (χ3v) is 12.4. The fourth-order valence-electron chi connectivity index (χ4n) is 9.75. The average molecular weight is 704 g/mol. The quantitative estimate of drug-likeness (QED) is 0.0689. The van der Waals surface area contributed by atoms with Gasteiger partial charge < -0.3 is 29.7 Å². The monoisotopic (exact) mass is 703 g/mol. The van der Waals surface area contributed by atoms with E-state index in [9.17, 15) is 25.1 Å². The van der Waals surface area contributed by atoms with Gasteiger partial charge in [-0.05, 0) is 79.6 Å². The van der Waals surface area contributed by atoms with Crippen LogP contribution in [0.4, 0.5) is 0 Å². The summed E-state index contributed by atoms with van der Waals surface area (Å²) in [6.07, 6.45) is 1.34. The SMILES string of the molecule is C=C1C2CCC3C4(C)CC(OC5OC(C[125I])C(OO[O-])[C@@H](C)C5OC(=O)CC(C)C)CC(C(=O)O)C4CCC3(C2)C1O. The van der Waals surface area contributed by atoms with Gasteiger partial charge in [0.25, 0.3) is 0 Å². The number of esters is 1. The molecule has 0 aromatic carbocycles. The molecule has 0 amide bonds. The summed E-state index contributed by atoms with van der Waals surface area (Å²) in [5.74, 6) is -1.77. The molecule has 5 rings (SSSR count). The number of carbonyl (C=O) groups excluding carboxylic acids is 1. The number of carbonyl (C=O) groups is 2. The van der Waals surface area contributed by atoms with Crippen molar-refractivity contribution in [2.45, 2.75) is 116 Å². The van der Waals surface area contributed by atoms with E-state index in [1.54, 1.807) is 0 Å². The number of hydrogen-bond donors (Lipinski definition) is 2. The van der Waals surface area contributed by atoms with Gasteiger partial charge in [0.15, 0.2) is 12.4 Å². The Morgan fingerprint density at radius 3 is 2.60 bits per heavy atom. The number of halogens is 1. The number of carboxylic acid groups (broad SMARTS) is 1. The summed E-state index contributed by atoms with van der Waals surface area (Å²) < 4.78 is 19.3. The fourth-order valence-corrected chi connectivity index (χ4v) is 10.5. The van der Waals surface area contributed by atoms with Crippen LogP contribution in [-0.4, -0.2) is 63.4 Å². The molecule has 2 bridgehead atoms. The van der Waals surface area contributed by atoms with Crippen LogP contribution in [0.25, 0.3) is 0 Å². The zero-order valence-electron chi connectivity index (χ0n) is 25.0. The van der Waals surface area contributed by atoms with Gasteiger partial charge in [0.1, 0.15) is 6.10 Å². The summed E-state index contributed by atoms with van der Waals surface area (Å²) in [6.45, 7) is 12.1. The lowest BCUT2D eigenvalue weighted by Gasteiger charge is -2.62. The van der Waals surface area contributed by atoms with Crippen molar-refractivity contribution in [1.82, 2.24) is 0 Å². The first-order chi connectivity index (χ1) is 19.9. The molecule has 2 N–H and O–H groups in total. The molecule has 0 aromatic heterocycles. The molecule has 1 saturated heterocycles. The Labute approximate surface area is 261 Å². The highest BCUT2D eigenvalue weighted by Gasteiger charge is 2.67. The average Bonchev–Trinajstić information content (AvgIpc) is 3.10. The molecule has 42 heavy (non-hydrogen) atoms. The molecular weight excluding hydrogens is 657 g/mol. The molecule has 4 saturated carbocycles. The predicted molar refractivity (Wildman–Crippen MR) is 156 cm³/mol. The van der Waals surface area contributed by atoms with Gasteiger partial charge in [-0.25, -0.2) is 4.89 Å². The van der Waals surface area contributed by atoms with Crippen molar-refractivity contribution >= 4 is 34.5 Å². The van der Waals surface area contributed by atoms with Gasteiger partial charge >= 0.3 is 11.9 Å². The van der Waals surface area contributed by atoms with Crippen molar-refractivity contribution < 1.29 is 49.2 Å². The van der Waals surface area contributed by atoms with Gasteiger partial charge in [-0.3, -0.25) is 14.6 Å². The fraction of sp³-hybridized carbons (Fsp3) is 0.871. The number of alkyl halides is 1. The molecule has 1 spiro atoms. The maximum absolute atomic E-state index is 12.8. The van der Waals surface area contributed by atoms with E-state index in [2.05, 4.69) is 41.1 Å². The van der Waals surface area contributed by atoms with E-state index in [0.717, 1.165) is 37.7 Å². The molecule has 5 fully saturated rings. The molecule has 12 unspecified atom stereocenters. The van der Waals surface area contributed by atoms with Crippen molar-refractivity contribution in [2.75, 3.05) is 4.43 Å². The van der Waals surface area contributed by atoms with Crippen LogP contribution in [0, 0.1) is 46.3 Å². The normalized spacial score (nSPS) is 46.7. The maximum atomic E-state index is 12.8. The zero-order chi connectivity index (χ0) is 30.6. The Kier molecular flexibility index (Phi) is 9.70. The van der Waals surface area contributed by atoms with Gasteiger partial charge in [0.05, 0.1) is 24.2 Å². The predicted octanol–water partition coefficient (Wildman–Crippen LogP) is 3.96. The third kappa shape index (κ3) is 5.58. The summed E-state index contributed by atoms with van der Waals surface area (Å²) in [4.78, 5) is 30.6. The van der Waals surface area contributed by atoms with Crippen molar-refractivity contribution in [3.05, 3.63) is 12.2 Å². The van der Waals surface area contributed by atoms with Crippen LogP contribution in [-0.2, 0) is 33.7 Å². The maximum Gasteiger partial charge on any atom is 0.306 e. The highest BCUT2D eigenvalue weighted by molar-refractivity contribution is 14.1. The van der Waals surface area contributed by atoms with Crippen molar-refractivity contribution in [1.29, 1.82) is 0 Å². The Bertz CT molecular complexity index is 1040. The number of aliphatic hydroxyl groups excluding tert-OH is 1. The van der Waals surface area contributed by atoms with Crippen LogP contribution in [0.15, 0.2) is 12.2 Å². The first kappa shape index (κ1) is 32.6. The Morgan fingerprint density at radius 1 is 1.21 bits per heavy atom. The van der Waals surface area contributed by atoms with E-state index < -0.39 is 60.6 Å². The molecule has 13 atom stereocenters. The van der Waals surface area contributed by atoms with E-state index >= 15 is 0 Å². The van der Waals surface area contributed by atoms with Gasteiger partial charge in [-0.15, -0.1) is 0 Å². The number of fused-ring (bicyclic) bond motifs is 3.